The molecule has 2 aromatic rings. The lowest BCUT2D eigenvalue weighted by Gasteiger charge is -2.41. The van der Waals surface area contributed by atoms with Crippen LogP contribution < -0.4 is 10.2 Å². The van der Waals surface area contributed by atoms with Gasteiger partial charge in [-0.2, -0.15) is 0 Å². The number of aromatic nitrogens is 1. The molecule has 1 aromatic carbocycles. The van der Waals surface area contributed by atoms with Gasteiger partial charge < -0.3 is 10.2 Å². The van der Waals surface area contributed by atoms with E-state index < -0.39 is 0 Å². The standard InChI is InChI=1S/C17H22N4OS/c1-13-3-5-15(6-4-13)21-9-8-20(11-14(21)2)12-16(22)19-17-18-7-10-23-17/h3-7,10,14H,8-9,11-12H2,1-2H3,(H,18,19,22)/t14-/m1/s1. The molecule has 1 fully saturated rings. The third kappa shape index (κ3) is 4.09. The predicted molar refractivity (Wildman–Crippen MR) is 95.2 cm³/mol. The molecule has 1 aliphatic heterocycles. The summed E-state index contributed by atoms with van der Waals surface area (Å²) in [6, 6.07) is 9.04. The van der Waals surface area contributed by atoms with Crippen molar-refractivity contribution in [1.29, 1.82) is 0 Å². The predicted octanol–water partition coefficient (Wildman–Crippen LogP) is 2.60. The highest BCUT2D eigenvalue weighted by atomic mass is 32.1. The van der Waals surface area contributed by atoms with E-state index in [0.717, 1.165) is 19.6 Å². The molecule has 0 unspecified atom stereocenters. The highest BCUT2D eigenvalue weighted by Gasteiger charge is 2.25. The van der Waals surface area contributed by atoms with Crippen molar-refractivity contribution in [2.24, 2.45) is 0 Å². The van der Waals surface area contributed by atoms with Crippen LogP contribution in [0.4, 0.5) is 10.8 Å². The molecule has 0 radical (unpaired) electrons. The van der Waals surface area contributed by atoms with E-state index in [2.05, 4.69) is 58.2 Å². The number of hydrogen-bond donors (Lipinski definition) is 1. The molecule has 0 bridgehead atoms. The lowest BCUT2D eigenvalue weighted by molar-refractivity contribution is -0.117. The minimum absolute atomic E-state index is 0.0101. The molecule has 5 nitrogen and oxygen atoms in total. The molecule has 1 atom stereocenters. The molecule has 0 aliphatic carbocycles. The van der Waals surface area contributed by atoms with Gasteiger partial charge in [-0.1, -0.05) is 17.7 Å². The first-order valence-electron chi connectivity index (χ1n) is 7.87. The number of carbonyl (C=O) groups is 1. The number of aryl methyl sites for hydroxylation is 1. The van der Waals surface area contributed by atoms with Gasteiger partial charge >= 0.3 is 0 Å². The Hall–Kier alpha value is -1.92. The number of carbonyl (C=O) groups excluding carboxylic acids is 1. The van der Waals surface area contributed by atoms with Gasteiger partial charge in [0.1, 0.15) is 0 Å². The third-order valence-corrected chi connectivity index (χ3v) is 4.81. The SMILES string of the molecule is Cc1ccc(N2CCN(CC(=O)Nc3nccs3)C[C@H]2C)cc1. The normalized spacial score (nSPS) is 18.9. The lowest BCUT2D eigenvalue weighted by Crippen LogP contribution is -2.53. The first-order chi connectivity index (χ1) is 11.1. The van der Waals surface area contributed by atoms with E-state index >= 15 is 0 Å². The van der Waals surface area contributed by atoms with Crippen molar-refractivity contribution in [3.8, 4) is 0 Å². The Morgan fingerprint density at radius 2 is 2.13 bits per heavy atom. The van der Waals surface area contributed by atoms with Crippen molar-refractivity contribution >= 4 is 28.1 Å². The number of nitrogens with zero attached hydrogens (tertiary/aromatic N) is 3. The van der Waals surface area contributed by atoms with Gasteiger partial charge in [-0.15, -0.1) is 11.3 Å². The number of hydrogen-bond acceptors (Lipinski definition) is 5. The summed E-state index contributed by atoms with van der Waals surface area (Å²) in [4.78, 5) is 20.8. The van der Waals surface area contributed by atoms with Crippen molar-refractivity contribution < 1.29 is 4.79 Å². The van der Waals surface area contributed by atoms with Crippen molar-refractivity contribution in [1.82, 2.24) is 9.88 Å². The Morgan fingerprint density at radius 1 is 1.35 bits per heavy atom. The largest absolute Gasteiger partial charge is 0.366 e. The van der Waals surface area contributed by atoms with E-state index in [1.54, 1.807) is 6.20 Å². The quantitative estimate of drug-likeness (QED) is 0.936. The maximum Gasteiger partial charge on any atom is 0.240 e. The molecule has 1 aliphatic rings. The van der Waals surface area contributed by atoms with Crippen LogP contribution in [0.2, 0.25) is 0 Å². The summed E-state index contributed by atoms with van der Waals surface area (Å²) in [5.41, 5.74) is 2.54. The van der Waals surface area contributed by atoms with Crippen molar-refractivity contribution in [2.45, 2.75) is 19.9 Å². The van der Waals surface area contributed by atoms with Crippen LogP contribution in [0.15, 0.2) is 35.8 Å². The summed E-state index contributed by atoms with van der Waals surface area (Å²) < 4.78 is 0. The van der Waals surface area contributed by atoms with E-state index in [0.29, 0.717) is 17.7 Å². The van der Waals surface area contributed by atoms with Crippen LogP contribution in [0.25, 0.3) is 0 Å². The topological polar surface area (TPSA) is 48.5 Å². The van der Waals surface area contributed by atoms with Crippen LogP contribution in [-0.4, -0.2) is 48.0 Å². The number of anilines is 2. The molecule has 23 heavy (non-hydrogen) atoms. The van der Waals surface area contributed by atoms with Crippen LogP contribution in [0.3, 0.4) is 0 Å². The first kappa shape index (κ1) is 16.0. The van der Waals surface area contributed by atoms with E-state index in [-0.39, 0.29) is 5.91 Å². The second-order valence-corrected chi connectivity index (χ2v) is 6.89. The second kappa shape index (κ2) is 7.10. The molecule has 6 heteroatoms. The van der Waals surface area contributed by atoms with E-state index in [9.17, 15) is 4.79 Å². The van der Waals surface area contributed by atoms with E-state index in [4.69, 9.17) is 0 Å². The van der Waals surface area contributed by atoms with Crippen LogP contribution in [0.5, 0.6) is 0 Å². The van der Waals surface area contributed by atoms with Crippen LogP contribution in [0, 0.1) is 6.92 Å². The fourth-order valence-corrected chi connectivity index (χ4v) is 3.49. The monoisotopic (exact) mass is 330 g/mol. The molecule has 0 saturated carbocycles. The molecule has 1 saturated heterocycles. The second-order valence-electron chi connectivity index (χ2n) is 6.00. The van der Waals surface area contributed by atoms with Crippen LogP contribution in [-0.2, 0) is 4.79 Å². The average molecular weight is 330 g/mol. The molecule has 1 aromatic heterocycles. The first-order valence-corrected chi connectivity index (χ1v) is 8.75. The van der Waals surface area contributed by atoms with Crippen molar-refractivity contribution in [3.63, 3.8) is 0 Å². The van der Waals surface area contributed by atoms with Crippen molar-refractivity contribution in [2.75, 3.05) is 36.4 Å². The third-order valence-electron chi connectivity index (χ3n) is 4.12. The summed E-state index contributed by atoms with van der Waals surface area (Å²) in [5.74, 6) is 0.0101. The molecule has 0 spiro atoms. The molecule has 3 rings (SSSR count). The van der Waals surface area contributed by atoms with Gasteiger partial charge in [0.15, 0.2) is 5.13 Å². The molecular weight excluding hydrogens is 308 g/mol. The lowest BCUT2D eigenvalue weighted by atomic mass is 10.1. The zero-order chi connectivity index (χ0) is 16.2. The van der Waals surface area contributed by atoms with Gasteiger partial charge in [0.05, 0.1) is 6.54 Å². The number of piperazine rings is 1. The fraction of sp³-hybridized carbons (Fsp3) is 0.412. The maximum atomic E-state index is 12.1. The minimum atomic E-state index is 0.0101. The van der Waals surface area contributed by atoms with Crippen LogP contribution in [0.1, 0.15) is 12.5 Å². The summed E-state index contributed by atoms with van der Waals surface area (Å²) in [5, 5.41) is 5.37. The summed E-state index contributed by atoms with van der Waals surface area (Å²) in [7, 11) is 0. The number of rotatable bonds is 4. The summed E-state index contributed by atoms with van der Waals surface area (Å²) in [6.45, 7) is 7.46. The molecule has 122 valence electrons. The van der Waals surface area contributed by atoms with Gasteiger partial charge in [-0.25, -0.2) is 4.98 Å². The van der Waals surface area contributed by atoms with E-state index in [1.165, 1.54) is 22.6 Å². The highest BCUT2D eigenvalue weighted by molar-refractivity contribution is 7.13. The molecule has 1 amide bonds. The Morgan fingerprint density at radius 3 is 2.78 bits per heavy atom. The summed E-state index contributed by atoms with van der Waals surface area (Å²) in [6.07, 6.45) is 1.70. The Kier molecular flexibility index (Phi) is 4.93. The number of nitrogens with one attached hydrogen (secondary N) is 1. The van der Waals surface area contributed by atoms with Gasteiger partial charge in [-0.3, -0.25) is 9.69 Å². The number of amides is 1. The smallest absolute Gasteiger partial charge is 0.240 e. The van der Waals surface area contributed by atoms with E-state index in [1.807, 2.05) is 5.38 Å². The molecule has 1 N–H and O–H groups in total. The minimum Gasteiger partial charge on any atom is -0.366 e. The van der Waals surface area contributed by atoms with Gasteiger partial charge in [0, 0.05) is 42.9 Å². The molecular formula is C17H22N4OS. The average Bonchev–Trinajstić information content (AvgIpc) is 3.01. The van der Waals surface area contributed by atoms with Crippen LogP contribution >= 0.6 is 11.3 Å². The Bertz CT molecular complexity index is 641. The number of thiazole rings is 1. The van der Waals surface area contributed by atoms with Crippen molar-refractivity contribution in [3.05, 3.63) is 41.4 Å². The zero-order valence-electron chi connectivity index (χ0n) is 13.5. The zero-order valence-corrected chi connectivity index (χ0v) is 14.3. The Labute approximate surface area is 140 Å². The summed E-state index contributed by atoms with van der Waals surface area (Å²) >= 11 is 1.44. The van der Waals surface area contributed by atoms with Gasteiger partial charge in [-0.05, 0) is 26.0 Å². The number of benzene rings is 1. The Balaban J connectivity index is 1.53. The maximum absolute atomic E-state index is 12.1. The molecule has 2 heterocycles. The fourth-order valence-electron chi connectivity index (χ4n) is 2.94. The highest BCUT2D eigenvalue weighted by Crippen LogP contribution is 2.21. The van der Waals surface area contributed by atoms with Gasteiger partial charge in [0.25, 0.3) is 0 Å². The van der Waals surface area contributed by atoms with Gasteiger partial charge in [0.2, 0.25) is 5.91 Å².